The van der Waals surface area contributed by atoms with Crippen molar-refractivity contribution in [3.05, 3.63) is 65.0 Å². The van der Waals surface area contributed by atoms with Gasteiger partial charge in [0, 0.05) is 10.6 Å². The Kier molecular flexibility index (Phi) is 6.08. The van der Waals surface area contributed by atoms with Crippen LogP contribution in [0.5, 0.6) is 5.75 Å². The van der Waals surface area contributed by atoms with Crippen molar-refractivity contribution in [3.63, 3.8) is 0 Å². The number of hydrogen-bond donors (Lipinski definition) is 1. The molecule has 0 aliphatic carbocycles. The minimum absolute atomic E-state index is 0.137. The number of aromatic nitrogens is 2. The number of halogens is 1. The number of nitrogens with one attached hydrogen (secondary N) is 1. The zero-order chi connectivity index (χ0) is 19.2. The van der Waals surface area contributed by atoms with E-state index in [0.717, 1.165) is 11.1 Å². The second-order valence-electron chi connectivity index (χ2n) is 6.06. The van der Waals surface area contributed by atoms with Gasteiger partial charge in [0.05, 0.1) is 6.54 Å². The molecule has 7 heteroatoms. The van der Waals surface area contributed by atoms with Gasteiger partial charge in [0.2, 0.25) is 11.7 Å². The molecule has 1 amide bonds. The van der Waals surface area contributed by atoms with Gasteiger partial charge >= 0.3 is 0 Å². The quantitative estimate of drug-likeness (QED) is 0.660. The predicted octanol–water partition coefficient (Wildman–Crippen LogP) is 4.17. The maximum Gasteiger partial charge on any atom is 0.261 e. The van der Waals surface area contributed by atoms with Crippen molar-refractivity contribution >= 4 is 17.5 Å². The lowest BCUT2D eigenvalue weighted by molar-refractivity contribution is -0.128. The minimum Gasteiger partial charge on any atom is -0.481 e. The molecule has 27 heavy (non-hydrogen) atoms. The molecule has 1 atom stereocenters. The van der Waals surface area contributed by atoms with Crippen LogP contribution in [0, 0.1) is 6.92 Å². The molecule has 0 saturated carbocycles. The number of aryl methyl sites for hydroxylation is 1. The van der Waals surface area contributed by atoms with Gasteiger partial charge in [-0.05, 0) is 37.6 Å². The molecule has 3 rings (SSSR count). The molecule has 0 fully saturated rings. The maximum absolute atomic E-state index is 12.4. The lowest BCUT2D eigenvalue weighted by Gasteiger charge is -2.16. The molecule has 0 aliphatic heterocycles. The summed E-state index contributed by atoms with van der Waals surface area (Å²) >= 11 is 5.86. The molecule has 6 nitrogen and oxygen atoms in total. The van der Waals surface area contributed by atoms with E-state index in [1.54, 1.807) is 24.3 Å². The fraction of sp³-hybridized carbons (Fsp3) is 0.250. The van der Waals surface area contributed by atoms with Crippen LogP contribution in [0.15, 0.2) is 53.1 Å². The van der Waals surface area contributed by atoms with Crippen molar-refractivity contribution in [1.82, 2.24) is 15.5 Å². The third-order valence-corrected chi connectivity index (χ3v) is 4.20. The fourth-order valence-electron chi connectivity index (χ4n) is 2.42. The van der Waals surface area contributed by atoms with E-state index >= 15 is 0 Å². The standard InChI is InChI=1S/C20H20ClN3O3/c1-3-17(26-16-10-8-15(21)9-11-16)20(25)22-12-18-23-19(24-27-18)14-6-4-13(2)5-7-14/h4-11,17H,3,12H2,1-2H3,(H,22,25)/t17-/m0/s1. The summed E-state index contributed by atoms with van der Waals surface area (Å²) in [6.45, 7) is 4.03. The second kappa shape index (κ2) is 8.68. The number of nitrogens with zero attached hydrogens (tertiary/aromatic N) is 2. The number of amides is 1. The Morgan fingerprint density at radius 3 is 2.56 bits per heavy atom. The van der Waals surface area contributed by atoms with E-state index in [1.165, 1.54) is 0 Å². The largest absolute Gasteiger partial charge is 0.481 e. The molecule has 1 heterocycles. The van der Waals surface area contributed by atoms with Crippen molar-refractivity contribution in [3.8, 4) is 17.1 Å². The maximum atomic E-state index is 12.4. The molecule has 140 valence electrons. The van der Waals surface area contributed by atoms with Gasteiger partial charge in [-0.3, -0.25) is 4.79 Å². The van der Waals surface area contributed by atoms with Gasteiger partial charge in [-0.1, -0.05) is 53.5 Å². The topological polar surface area (TPSA) is 77.2 Å². The first-order valence-corrected chi connectivity index (χ1v) is 9.02. The number of ether oxygens (including phenoxy) is 1. The molecule has 1 N–H and O–H groups in total. The Morgan fingerprint density at radius 2 is 1.89 bits per heavy atom. The number of carbonyl (C=O) groups excluding carboxylic acids is 1. The SMILES string of the molecule is CC[C@H](Oc1ccc(Cl)cc1)C(=O)NCc1nc(-c2ccc(C)cc2)no1. The van der Waals surface area contributed by atoms with Crippen molar-refractivity contribution in [1.29, 1.82) is 0 Å². The van der Waals surface area contributed by atoms with Gasteiger partial charge in [-0.25, -0.2) is 0 Å². The molecular weight excluding hydrogens is 366 g/mol. The van der Waals surface area contributed by atoms with E-state index in [0.29, 0.717) is 28.9 Å². The lowest BCUT2D eigenvalue weighted by atomic mass is 10.1. The summed E-state index contributed by atoms with van der Waals surface area (Å²) in [7, 11) is 0. The Bertz CT molecular complexity index is 892. The third kappa shape index (κ3) is 5.08. The summed E-state index contributed by atoms with van der Waals surface area (Å²) < 4.78 is 10.9. The summed E-state index contributed by atoms with van der Waals surface area (Å²) in [5, 5.41) is 7.33. The highest BCUT2D eigenvalue weighted by Gasteiger charge is 2.19. The number of hydrogen-bond acceptors (Lipinski definition) is 5. The van der Waals surface area contributed by atoms with E-state index < -0.39 is 6.10 Å². The summed E-state index contributed by atoms with van der Waals surface area (Å²) in [5.41, 5.74) is 2.01. The van der Waals surface area contributed by atoms with Gasteiger partial charge in [-0.15, -0.1) is 0 Å². The Hall–Kier alpha value is -2.86. The first-order chi connectivity index (χ1) is 13.0. The summed E-state index contributed by atoms with van der Waals surface area (Å²) in [5.74, 6) is 1.16. The molecule has 0 saturated heterocycles. The molecule has 1 aromatic heterocycles. The van der Waals surface area contributed by atoms with Crippen molar-refractivity contribution in [2.45, 2.75) is 32.9 Å². The van der Waals surface area contributed by atoms with E-state index in [4.69, 9.17) is 20.9 Å². The van der Waals surface area contributed by atoms with E-state index in [2.05, 4.69) is 15.5 Å². The zero-order valence-electron chi connectivity index (χ0n) is 15.1. The van der Waals surface area contributed by atoms with Crippen molar-refractivity contribution in [2.24, 2.45) is 0 Å². The van der Waals surface area contributed by atoms with Gasteiger partial charge in [0.25, 0.3) is 5.91 Å². The number of benzene rings is 2. The van der Waals surface area contributed by atoms with E-state index in [9.17, 15) is 4.79 Å². The van der Waals surface area contributed by atoms with Crippen LogP contribution in [0.1, 0.15) is 24.8 Å². The highest BCUT2D eigenvalue weighted by Crippen LogP contribution is 2.18. The molecule has 0 unspecified atom stereocenters. The molecule has 0 spiro atoms. The van der Waals surface area contributed by atoms with Crippen molar-refractivity contribution in [2.75, 3.05) is 0 Å². The highest BCUT2D eigenvalue weighted by molar-refractivity contribution is 6.30. The lowest BCUT2D eigenvalue weighted by Crippen LogP contribution is -2.37. The van der Waals surface area contributed by atoms with Crippen LogP contribution >= 0.6 is 11.6 Å². The average molecular weight is 386 g/mol. The molecule has 0 aliphatic rings. The third-order valence-electron chi connectivity index (χ3n) is 3.95. The first kappa shape index (κ1) is 18.9. The van der Waals surface area contributed by atoms with Crippen LogP contribution in [0.3, 0.4) is 0 Å². The van der Waals surface area contributed by atoms with E-state index in [-0.39, 0.29) is 12.5 Å². The van der Waals surface area contributed by atoms with Gasteiger partial charge in [0.15, 0.2) is 6.10 Å². The van der Waals surface area contributed by atoms with Crippen molar-refractivity contribution < 1.29 is 14.1 Å². The molecule has 0 bridgehead atoms. The van der Waals surface area contributed by atoms with Crippen LogP contribution < -0.4 is 10.1 Å². The monoisotopic (exact) mass is 385 g/mol. The fourth-order valence-corrected chi connectivity index (χ4v) is 2.55. The van der Waals surface area contributed by atoms with Crippen LogP contribution in [0.2, 0.25) is 5.02 Å². The van der Waals surface area contributed by atoms with Gasteiger partial charge in [0.1, 0.15) is 5.75 Å². The Morgan fingerprint density at radius 1 is 1.19 bits per heavy atom. The summed E-state index contributed by atoms with van der Waals surface area (Å²) in [6, 6.07) is 14.7. The highest BCUT2D eigenvalue weighted by atomic mass is 35.5. The zero-order valence-corrected chi connectivity index (χ0v) is 15.9. The average Bonchev–Trinajstić information content (AvgIpc) is 3.15. The minimum atomic E-state index is -0.620. The molecule has 0 radical (unpaired) electrons. The van der Waals surface area contributed by atoms with Crippen LogP contribution in [-0.2, 0) is 11.3 Å². The normalized spacial score (nSPS) is 11.8. The number of rotatable bonds is 7. The first-order valence-electron chi connectivity index (χ1n) is 8.64. The van der Waals surface area contributed by atoms with Crippen LogP contribution in [0.4, 0.5) is 0 Å². The van der Waals surface area contributed by atoms with Gasteiger partial charge < -0.3 is 14.6 Å². The van der Waals surface area contributed by atoms with Crippen LogP contribution in [-0.4, -0.2) is 22.2 Å². The predicted molar refractivity (Wildman–Crippen MR) is 102 cm³/mol. The van der Waals surface area contributed by atoms with Gasteiger partial charge in [-0.2, -0.15) is 4.98 Å². The second-order valence-corrected chi connectivity index (χ2v) is 6.50. The summed E-state index contributed by atoms with van der Waals surface area (Å²) in [4.78, 5) is 16.7. The Labute approximate surface area is 162 Å². The van der Waals surface area contributed by atoms with Crippen LogP contribution in [0.25, 0.3) is 11.4 Å². The number of carbonyl (C=O) groups is 1. The summed E-state index contributed by atoms with van der Waals surface area (Å²) in [6.07, 6.45) is -0.0990. The smallest absolute Gasteiger partial charge is 0.261 e. The molecule has 3 aromatic rings. The Balaban J connectivity index is 1.57. The van der Waals surface area contributed by atoms with E-state index in [1.807, 2.05) is 38.1 Å². The molecule has 2 aromatic carbocycles. The molecular formula is C20H20ClN3O3.